The number of aliphatic hydroxyl groups excluding tert-OH is 1. The maximum atomic E-state index is 12.9. The van der Waals surface area contributed by atoms with Gasteiger partial charge in [-0.3, -0.25) is 0 Å². The van der Waals surface area contributed by atoms with Crippen molar-refractivity contribution in [3.05, 3.63) is 42.1 Å². The molecular formula is C14H15F3N4O. The van der Waals surface area contributed by atoms with Crippen LogP contribution in [0.3, 0.4) is 0 Å². The molecule has 2 aromatic rings. The minimum atomic E-state index is -4.59. The molecule has 0 unspecified atom stereocenters. The fourth-order valence-corrected chi connectivity index (χ4v) is 1.66. The van der Waals surface area contributed by atoms with Crippen LogP contribution in [0.5, 0.6) is 0 Å². The monoisotopic (exact) mass is 312 g/mol. The van der Waals surface area contributed by atoms with Gasteiger partial charge in [0, 0.05) is 17.8 Å². The molecule has 0 radical (unpaired) electrons. The number of rotatable bonds is 5. The van der Waals surface area contributed by atoms with Gasteiger partial charge in [-0.2, -0.15) is 18.2 Å². The van der Waals surface area contributed by atoms with Crippen LogP contribution in [0.25, 0.3) is 0 Å². The van der Waals surface area contributed by atoms with Crippen molar-refractivity contribution in [2.75, 3.05) is 17.2 Å². The Balaban J connectivity index is 2.33. The summed E-state index contributed by atoms with van der Waals surface area (Å²) in [5.41, 5.74) is -0.455. The van der Waals surface area contributed by atoms with Crippen molar-refractivity contribution in [3.63, 3.8) is 0 Å². The molecule has 1 atom stereocenters. The van der Waals surface area contributed by atoms with Crippen molar-refractivity contribution in [2.24, 2.45) is 0 Å². The molecule has 8 heteroatoms. The minimum absolute atomic E-state index is 0.0150. The van der Waals surface area contributed by atoms with Crippen LogP contribution >= 0.6 is 0 Å². The molecule has 0 fully saturated rings. The molecule has 22 heavy (non-hydrogen) atoms. The van der Waals surface area contributed by atoms with Crippen LogP contribution in [-0.4, -0.2) is 27.7 Å². The van der Waals surface area contributed by atoms with Gasteiger partial charge in [-0.05, 0) is 19.1 Å². The van der Waals surface area contributed by atoms with E-state index in [-0.39, 0.29) is 18.4 Å². The van der Waals surface area contributed by atoms with Crippen LogP contribution in [0.15, 0.2) is 36.4 Å². The van der Waals surface area contributed by atoms with E-state index in [1.807, 2.05) is 0 Å². The number of hydrogen-bond donors (Lipinski definition) is 3. The molecule has 0 spiro atoms. The van der Waals surface area contributed by atoms with Crippen molar-refractivity contribution in [3.8, 4) is 0 Å². The summed E-state index contributed by atoms with van der Waals surface area (Å²) in [6, 6.07) is 9.08. The van der Waals surface area contributed by atoms with Crippen LogP contribution < -0.4 is 10.6 Å². The number of para-hydroxylation sites is 1. The predicted octanol–water partition coefficient (Wildman–Crippen LogP) is 3.03. The molecule has 5 nitrogen and oxygen atoms in total. The maximum Gasteiger partial charge on any atom is 0.433 e. The number of aromatic nitrogens is 2. The zero-order chi connectivity index (χ0) is 16.2. The third-order valence-corrected chi connectivity index (χ3v) is 2.71. The average Bonchev–Trinajstić information content (AvgIpc) is 2.47. The number of hydrogen-bond acceptors (Lipinski definition) is 5. The van der Waals surface area contributed by atoms with Gasteiger partial charge in [-0.1, -0.05) is 18.2 Å². The van der Waals surface area contributed by atoms with Gasteiger partial charge in [0.25, 0.3) is 0 Å². The smallest absolute Gasteiger partial charge is 0.394 e. The minimum Gasteiger partial charge on any atom is -0.394 e. The van der Waals surface area contributed by atoms with E-state index in [2.05, 4.69) is 20.6 Å². The molecule has 3 N–H and O–H groups in total. The summed E-state index contributed by atoms with van der Waals surface area (Å²) in [5.74, 6) is -0.184. The predicted molar refractivity (Wildman–Crippen MR) is 76.9 cm³/mol. The summed E-state index contributed by atoms with van der Waals surface area (Å²) in [7, 11) is 0. The second-order valence-electron chi connectivity index (χ2n) is 4.68. The fraction of sp³-hybridized carbons (Fsp3) is 0.286. The van der Waals surface area contributed by atoms with E-state index in [1.54, 1.807) is 37.3 Å². The second-order valence-corrected chi connectivity index (χ2v) is 4.68. The number of halogens is 3. The second kappa shape index (κ2) is 6.61. The first-order valence-electron chi connectivity index (χ1n) is 6.54. The van der Waals surface area contributed by atoms with Gasteiger partial charge in [-0.25, -0.2) is 4.98 Å². The van der Waals surface area contributed by atoms with Gasteiger partial charge in [0.15, 0.2) is 5.69 Å². The van der Waals surface area contributed by atoms with Crippen molar-refractivity contribution in [1.29, 1.82) is 0 Å². The first-order chi connectivity index (χ1) is 10.4. The first-order valence-corrected chi connectivity index (χ1v) is 6.54. The lowest BCUT2D eigenvalue weighted by Crippen LogP contribution is -2.22. The summed E-state index contributed by atoms with van der Waals surface area (Å²) in [6.45, 7) is 1.36. The normalized spacial score (nSPS) is 12.8. The fourth-order valence-electron chi connectivity index (χ4n) is 1.66. The van der Waals surface area contributed by atoms with E-state index in [4.69, 9.17) is 5.11 Å². The van der Waals surface area contributed by atoms with E-state index >= 15 is 0 Å². The van der Waals surface area contributed by atoms with Crippen LogP contribution in [0.1, 0.15) is 12.6 Å². The van der Waals surface area contributed by atoms with Crippen LogP contribution in [-0.2, 0) is 6.18 Å². The molecule has 118 valence electrons. The van der Waals surface area contributed by atoms with E-state index in [9.17, 15) is 13.2 Å². The Morgan fingerprint density at radius 1 is 1.18 bits per heavy atom. The van der Waals surface area contributed by atoms with Crippen LogP contribution in [0.4, 0.5) is 30.6 Å². The lowest BCUT2D eigenvalue weighted by molar-refractivity contribution is -0.141. The topological polar surface area (TPSA) is 70.1 Å². The molecule has 0 aliphatic heterocycles. The molecule has 1 aromatic heterocycles. The summed E-state index contributed by atoms with van der Waals surface area (Å²) < 4.78 is 38.7. The summed E-state index contributed by atoms with van der Waals surface area (Å²) in [4.78, 5) is 7.42. The molecule has 0 aliphatic carbocycles. The van der Waals surface area contributed by atoms with Crippen molar-refractivity contribution in [1.82, 2.24) is 9.97 Å². The highest BCUT2D eigenvalue weighted by molar-refractivity contribution is 5.57. The Labute approximate surface area is 125 Å². The van der Waals surface area contributed by atoms with Gasteiger partial charge in [0.05, 0.1) is 6.61 Å². The summed E-state index contributed by atoms with van der Waals surface area (Å²) >= 11 is 0. The molecule has 0 aliphatic rings. The van der Waals surface area contributed by atoms with E-state index in [0.29, 0.717) is 5.69 Å². The highest BCUT2D eigenvalue weighted by atomic mass is 19.4. The average molecular weight is 312 g/mol. The van der Waals surface area contributed by atoms with Crippen molar-refractivity contribution in [2.45, 2.75) is 19.1 Å². The van der Waals surface area contributed by atoms with Gasteiger partial charge in [0.2, 0.25) is 5.95 Å². The Kier molecular flexibility index (Phi) is 4.81. The quantitative estimate of drug-likeness (QED) is 0.791. The molecule has 2 rings (SSSR count). The number of nitrogens with zero attached hydrogens (tertiary/aromatic N) is 2. The Morgan fingerprint density at radius 3 is 2.45 bits per heavy atom. The molecule has 1 heterocycles. The van der Waals surface area contributed by atoms with E-state index in [0.717, 1.165) is 6.07 Å². The third kappa shape index (κ3) is 4.32. The number of anilines is 3. The van der Waals surface area contributed by atoms with E-state index in [1.165, 1.54) is 0 Å². The van der Waals surface area contributed by atoms with E-state index < -0.39 is 17.9 Å². The maximum absolute atomic E-state index is 12.9. The number of nitrogens with one attached hydrogen (secondary N) is 2. The molecule has 0 amide bonds. The van der Waals surface area contributed by atoms with Crippen LogP contribution in [0, 0.1) is 0 Å². The van der Waals surface area contributed by atoms with Gasteiger partial charge >= 0.3 is 6.18 Å². The lowest BCUT2D eigenvalue weighted by atomic mass is 10.3. The summed E-state index contributed by atoms with van der Waals surface area (Å²) in [6.07, 6.45) is -4.59. The number of alkyl halides is 3. The lowest BCUT2D eigenvalue weighted by Gasteiger charge is -2.15. The largest absolute Gasteiger partial charge is 0.433 e. The molecule has 0 saturated heterocycles. The number of benzene rings is 1. The zero-order valence-corrected chi connectivity index (χ0v) is 11.7. The Bertz CT molecular complexity index is 619. The number of aliphatic hydroxyl groups is 1. The Hall–Kier alpha value is -2.35. The highest BCUT2D eigenvalue weighted by Crippen LogP contribution is 2.30. The molecule has 1 aromatic carbocycles. The summed E-state index contributed by atoms with van der Waals surface area (Å²) in [5, 5.41) is 14.4. The van der Waals surface area contributed by atoms with Crippen LogP contribution in [0.2, 0.25) is 0 Å². The Morgan fingerprint density at radius 2 is 1.86 bits per heavy atom. The van der Waals surface area contributed by atoms with Gasteiger partial charge < -0.3 is 15.7 Å². The third-order valence-electron chi connectivity index (χ3n) is 2.71. The van der Waals surface area contributed by atoms with Crippen molar-refractivity contribution >= 4 is 17.5 Å². The van der Waals surface area contributed by atoms with Gasteiger partial charge in [0.1, 0.15) is 5.82 Å². The highest BCUT2D eigenvalue weighted by Gasteiger charge is 2.33. The first kappa shape index (κ1) is 16.0. The molecular weight excluding hydrogens is 297 g/mol. The van der Waals surface area contributed by atoms with Crippen molar-refractivity contribution < 1.29 is 18.3 Å². The zero-order valence-electron chi connectivity index (χ0n) is 11.7. The van der Waals surface area contributed by atoms with Gasteiger partial charge in [-0.15, -0.1) is 0 Å². The molecule has 0 bridgehead atoms. The standard InChI is InChI=1S/C14H15F3N4O/c1-9(8-22)18-13-20-11(14(15,16)17)7-12(21-13)19-10-5-3-2-4-6-10/h2-7,9,22H,8H2,1H3,(H2,18,19,20,21)/t9-/m0/s1. The molecule has 0 saturated carbocycles. The SMILES string of the molecule is C[C@@H](CO)Nc1nc(Nc2ccccc2)cc(C(F)(F)F)n1.